The van der Waals surface area contributed by atoms with Crippen LogP contribution in [-0.2, 0) is 17.4 Å². The Bertz CT molecular complexity index is 618. The Morgan fingerprint density at radius 1 is 1.21 bits per heavy atom. The average Bonchev–Trinajstić information content (AvgIpc) is 2.65. The average molecular weight is 399 g/mol. The summed E-state index contributed by atoms with van der Waals surface area (Å²) in [5, 5.41) is 3.56. The molecule has 0 aromatic heterocycles. The van der Waals surface area contributed by atoms with Gasteiger partial charge in [-0.25, -0.2) is 0 Å². The van der Waals surface area contributed by atoms with Crippen molar-refractivity contribution in [3.8, 4) is 0 Å². The zero-order chi connectivity index (χ0) is 20.6. The molecule has 0 spiro atoms. The van der Waals surface area contributed by atoms with Crippen molar-refractivity contribution in [3.05, 3.63) is 35.4 Å². The monoisotopic (exact) mass is 398 g/mol. The molecule has 1 N–H and O–H groups in total. The van der Waals surface area contributed by atoms with E-state index in [1.165, 1.54) is 12.1 Å². The van der Waals surface area contributed by atoms with Gasteiger partial charge in [0.1, 0.15) is 0 Å². The van der Waals surface area contributed by atoms with Crippen LogP contribution >= 0.6 is 0 Å². The van der Waals surface area contributed by atoms with Crippen molar-refractivity contribution >= 4 is 5.91 Å². The molecule has 0 aliphatic carbocycles. The molecule has 1 aliphatic heterocycles. The number of carbonyl (C=O) groups excluding carboxylic acids is 1. The Labute approximate surface area is 166 Å². The number of piperidine rings is 1. The van der Waals surface area contributed by atoms with Crippen LogP contribution in [-0.4, -0.2) is 36.5 Å². The predicted molar refractivity (Wildman–Crippen MR) is 106 cm³/mol. The maximum absolute atomic E-state index is 12.9. The number of hydrogen-bond donors (Lipinski definition) is 1. The highest BCUT2D eigenvalue weighted by Crippen LogP contribution is 2.30. The fraction of sp³-hybridized carbons (Fsp3) is 0.682. The van der Waals surface area contributed by atoms with Crippen LogP contribution in [0.25, 0.3) is 0 Å². The van der Waals surface area contributed by atoms with Crippen molar-refractivity contribution < 1.29 is 18.0 Å². The van der Waals surface area contributed by atoms with Gasteiger partial charge in [0.2, 0.25) is 5.91 Å². The minimum atomic E-state index is -4.29. The first kappa shape index (κ1) is 22.7. The zero-order valence-corrected chi connectivity index (χ0v) is 17.0. The normalized spacial score (nSPS) is 17.6. The number of unbranched alkanes of at least 4 members (excludes halogenated alkanes) is 1. The van der Waals surface area contributed by atoms with E-state index < -0.39 is 11.7 Å². The van der Waals surface area contributed by atoms with Crippen LogP contribution in [0.15, 0.2) is 24.3 Å². The van der Waals surface area contributed by atoms with Gasteiger partial charge in [-0.15, -0.1) is 0 Å². The molecule has 1 amide bonds. The van der Waals surface area contributed by atoms with Gasteiger partial charge in [0.15, 0.2) is 0 Å². The molecule has 28 heavy (non-hydrogen) atoms. The zero-order valence-electron chi connectivity index (χ0n) is 17.0. The molecule has 2 rings (SSSR count). The number of amides is 1. The van der Waals surface area contributed by atoms with E-state index in [1.807, 2.05) is 4.90 Å². The van der Waals surface area contributed by atoms with Gasteiger partial charge in [0.05, 0.1) is 5.56 Å². The molecule has 2 atom stereocenters. The number of hydrogen-bond acceptors (Lipinski definition) is 2. The second-order valence-electron chi connectivity index (χ2n) is 7.89. The van der Waals surface area contributed by atoms with Gasteiger partial charge in [-0.1, -0.05) is 32.0 Å². The Morgan fingerprint density at radius 2 is 2.00 bits per heavy atom. The van der Waals surface area contributed by atoms with Crippen LogP contribution in [0.5, 0.6) is 0 Å². The van der Waals surface area contributed by atoms with E-state index in [4.69, 9.17) is 0 Å². The Morgan fingerprint density at radius 3 is 2.68 bits per heavy atom. The van der Waals surface area contributed by atoms with Gasteiger partial charge >= 0.3 is 6.18 Å². The SMILES string of the molecule is CCC(NCCCCN1CCCCC1=O)C(C)Cc1cccc(C(F)(F)F)c1. The third-order valence-electron chi connectivity index (χ3n) is 5.62. The summed E-state index contributed by atoms with van der Waals surface area (Å²) in [6.45, 7) is 6.78. The van der Waals surface area contributed by atoms with Crippen LogP contribution in [0.2, 0.25) is 0 Å². The molecule has 2 unspecified atom stereocenters. The van der Waals surface area contributed by atoms with E-state index in [0.29, 0.717) is 12.8 Å². The molecule has 1 fully saturated rings. The van der Waals surface area contributed by atoms with Crippen molar-refractivity contribution in [2.45, 2.75) is 71.0 Å². The third-order valence-corrected chi connectivity index (χ3v) is 5.62. The van der Waals surface area contributed by atoms with E-state index in [-0.39, 0.29) is 17.9 Å². The molecular formula is C22H33F3N2O. The number of carbonyl (C=O) groups is 1. The van der Waals surface area contributed by atoms with Crippen LogP contribution in [0.4, 0.5) is 13.2 Å². The van der Waals surface area contributed by atoms with Gasteiger partial charge in [-0.2, -0.15) is 13.2 Å². The Hall–Kier alpha value is -1.56. The van der Waals surface area contributed by atoms with Crippen LogP contribution in [0.3, 0.4) is 0 Å². The minimum Gasteiger partial charge on any atom is -0.343 e. The van der Waals surface area contributed by atoms with Gasteiger partial charge in [0.25, 0.3) is 0 Å². The summed E-state index contributed by atoms with van der Waals surface area (Å²) in [6.07, 6.45) is 2.05. The maximum Gasteiger partial charge on any atom is 0.416 e. The lowest BCUT2D eigenvalue weighted by Crippen LogP contribution is -2.37. The van der Waals surface area contributed by atoms with E-state index in [0.717, 1.165) is 63.4 Å². The van der Waals surface area contributed by atoms with Crippen LogP contribution < -0.4 is 5.32 Å². The third kappa shape index (κ3) is 7.12. The number of nitrogens with one attached hydrogen (secondary N) is 1. The summed E-state index contributed by atoms with van der Waals surface area (Å²) in [5.41, 5.74) is 0.150. The largest absolute Gasteiger partial charge is 0.416 e. The highest BCUT2D eigenvalue weighted by Gasteiger charge is 2.30. The molecule has 0 radical (unpaired) electrons. The van der Waals surface area contributed by atoms with Gasteiger partial charge in [-0.3, -0.25) is 4.79 Å². The van der Waals surface area contributed by atoms with Crippen LogP contribution in [0, 0.1) is 5.92 Å². The fourth-order valence-corrected chi connectivity index (χ4v) is 3.95. The van der Waals surface area contributed by atoms with Gasteiger partial charge in [0, 0.05) is 25.6 Å². The van der Waals surface area contributed by atoms with Gasteiger partial charge in [-0.05, 0) is 62.6 Å². The Balaban J connectivity index is 1.74. The quantitative estimate of drug-likeness (QED) is 0.560. The molecule has 6 heteroatoms. The molecule has 3 nitrogen and oxygen atoms in total. The number of alkyl halides is 3. The second-order valence-corrected chi connectivity index (χ2v) is 7.89. The molecular weight excluding hydrogens is 365 g/mol. The summed E-state index contributed by atoms with van der Waals surface area (Å²) in [7, 11) is 0. The van der Waals surface area contributed by atoms with Crippen molar-refractivity contribution in [1.82, 2.24) is 10.2 Å². The van der Waals surface area contributed by atoms with Crippen molar-refractivity contribution in [2.75, 3.05) is 19.6 Å². The lowest BCUT2D eigenvalue weighted by molar-refractivity contribution is -0.137. The lowest BCUT2D eigenvalue weighted by atomic mass is 9.91. The topological polar surface area (TPSA) is 32.3 Å². The van der Waals surface area contributed by atoms with Crippen molar-refractivity contribution in [3.63, 3.8) is 0 Å². The second kappa shape index (κ2) is 10.8. The highest BCUT2D eigenvalue weighted by molar-refractivity contribution is 5.76. The summed E-state index contributed by atoms with van der Waals surface area (Å²) >= 11 is 0. The molecule has 1 saturated heterocycles. The van der Waals surface area contributed by atoms with Crippen LogP contribution in [0.1, 0.15) is 63.5 Å². The predicted octanol–water partition coefficient (Wildman–Crippen LogP) is 5.04. The number of halogens is 3. The highest BCUT2D eigenvalue weighted by atomic mass is 19.4. The van der Waals surface area contributed by atoms with E-state index in [1.54, 1.807) is 6.07 Å². The summed E-state index contributed by atoms with van der Waals surface area (Å²) in [5.74, 6) is 0.525. The lowest BCUT2D eigenvalue weighted by Gasteiger charge is -2.27. The van der Waals surface area contributed by atoms with Crippen molar-refractivity contribution in [1.29, 1.82) is 0 Å². The molecule has 1 aliphatic rings. The minimum absolute atomic E-state index is 0.247. The number of rotatable bonds is 10. The van der Waals surface area contributed by atoms with Gasteiger partial charge < -0.3 is 10.2 Å². The molecule has 1 aromatic rings. The smallest absolute Gasteiger partial charge is 0.343 e. The first-order valence-electron chi connectivity index (χ1n) is 10.5. The Kier molecular flexibility index (Phi) is 8.80. The summed E-state index contributed by atoms with van der Waals surface area (Å²) in [4.78, 5) is 13.8. The molecule has 1 aromatic carbocycles. The molecule has 0 bridgehead atoms. The molecule has 158 valence electrons. The molecule has 0 saturated carbocycles. The van der Waals surface area contributed by atoms with E-state index >= 15 is 0 Å². The summed E-state index contributed by atoms with van der Waals surface area (Å²) in [6, 6.07) is 5.91. The standard InChI is InChI=1S/C22H33F3N2O/c1-3-20(26-12-5-7-14-27-13-6-4-11-21(27)28)17(2)15-18-9-8-10-19(16-18)22(23,24)25/h8-10,16-17,20,26H,3-7,11-15H2,1-2H3. The molecule has 1 heterocycles. The number of nitrogens with zero attached hydrogens (tertiary/aromatic N) is 1. The number of benzene rings is 1. The fourth-order valence-electron chi connectivity index (χ4n) is 3.95. The summed E-state index contributed by atoms with van der Waals surface area (Å²) < 4.78 is 38.7. The van der Waals surface area contributed by atoms with E-state index in [2.05, 4.69) is 19.2 Å². The first-order chi connectivity index (χ1) is 13.3. The van der Waals surface area contributed by atoms with Crippen molar-refractivity contribution in [2.24, 2.45) is 5.92 Å². The number of likely N-dealkylation sites (tertiary alicyclic amines) is 1. The maximum atomic E-state index is 12.9. The first-order valence-corrected chi connectivity index (χ1v) is 10.5. The van der Waals surface area contributed by atoms with E-state index in [9.17, 15) is 18.0 Å².